The maximum absolute atomic E-state index is 12.8. The first-order valence-electron chi connectivity index (χ1n) is 11.6. The Kier molecular flexibility index (Phi) is 6.40. The molecule has 2 aromatic carbocycles. The Hall–Kier alpha value is -3.14. The Morgan fingerprint density at radius 1 is 1.00 bits per heavy atom. The summed E-state index contributed by atoms with van der Waals surface area (Å²) in [6, 6.07) is 14.2. The predicted octanol–water partition coefficient (Wildman–Crippen LogP) is 4.77. The third kappa shape index (κ3) is 4.54. The number of hydrogen-bond acceptors (Lipinski definition) is 4. The lowest BCUT2D eigenvalue weighted by Gasteiger charge is -2.26. The fraction of sp³-hybridized carbons (Fsp3) is 0.308. The molecular weight excluding hydrogens is 493 g/mol. The maximum atomic E-state index is 12.8. The van der Waals surface area contributed by atoms with Crippen molar-refractivity contribution < 1.29 is 17.9 Å². The van der Waals surface area contributed by atoms with Crippen molar-refractivity contribution in [2.45, 2.75) is 31.3 Å². The number of ether oxygens (including phenoxy) is 1. The molecule has 2 aromatic heterocycles. The molecule has 188 valence electrons. The minimum Gasteiger partial charge on any atom is -0.375 e. The van der Waals surface area contributed by atoms with Crippen molar-refractivity contribution in [2.24, 2.45) is 0 Å². The normalized spacial score (nSPS) is 19.6. The van der Waals surface area contributed by atoms with Crippen LogP contribution in [0.1, 0.15) is 12.0 Å². The Labute approximate surface area is 211 Å². The van der Waals surface area contributed by atoms with Crippen LogP contribution in [0.15, 0.2) is 71.8 Å². The Morgan fingerprint density at radius 2 is 1.81 bits per heavy atom. The zero-order valence-corrected chi connectivity index (χ0v) is 20.0. The van der Waals surface area contributed by atoms with Gasteiger partial charge in [0.15, 0.2) is 0 Å². The van der Waals surface area contributed by atoms with Crippen LogP contribution in [0, 0.1) is 0 Å². The van der Waals surface area contributed by atoms with Crippen molar-refractivity contribution in [1.29, 1.82) is 0 Å². The zero-order chi connectivity index (χ0) is 24.2. The van der Waals surface area contributed by atoms with Crippen LogP contribution in [0.25, 0.3) is 27.7 Å². The molecule has 0 N–H and O–H groups in total. The highest BCUT2D eigenvalue weighted by Crippen LogP contribution is 2.31. The van der Waals surface area contributed by atoms with Gasteiger partial charge in [-0.2, -0.15) is 18.3 Å². The molecule has 6 rings (SSSR count). The van der Waals surface area contributed by atoms with Crippen LogP contribution in [0.4, 0.5) is 13.2 Å². The van der Waals surface area contributed by atoms with Crippen LogP contribution in [-0.4, -0.2) is 51.1 Å². The van der Waals surface area contributed by atoms with Crippen molar-refractivity contribution in [3.8, 4) is 16.8 Å². The number of alkyl halides is 3. The standard InChI is InChI=1S/C26H23F3N4O2.ClH/c27-26(28,29)20-3-1-17(2-4-20)18-7-8-32(25(34)12-18)21-5-6-24-19(11-21)14-30-33(24)10-9-31-15-23-13-22(31)16-35-23;/h1-8,11-12,14,22-23H,9-10,13,15-16H2;1H. The number of aromatic nitrogens is 3. The number of nitrogens with zero attached hydrogens (tertiary/aromatic N) is 4. The van der Waals surface area contributed by atoms with Crippen LogP contribution >= 0.6 is 12.4 Å². The van der Waals surface area contributed by atoms with Gasteiger partial charge in [0.1, 0.15) is 0 Å². The first-order valence-corrected chi connectivity index (χ1v) is 11.6. The highest BCUT2D eigenvalue weighted by atomic mass is 35.5. The fourth-order valence-corrected chi connectivity index (χ4v) is 5.10. The lowest BCUT2D eigenvalue weighted by atomic mass is 10.0. The van der Waals surface area contributed by atoms with Gasteiger partial charge in [-0.05, 0) is 53.9 Å². The average Bonchev–Trinajstić information content (AvgIpc) is 3.58. The van der Waals surface area contributed by atoms with Gasteiger partial charge in [0.05, 0.1) is 36.5 Å². The van der Waals surface area contributed by atoms with E-state index in [0.717, 1.165) is 55.7 Å². The van der Waals surface area contributed by atoms with E-state index in [1.807, 2.05) is 22.9 Å². The van der Waals surface area contributed by atoms with Gasteiger partial charge in [-0.3, -0.25) is 18.9 Å². The van der Waals surface area contributed by atoms with Crippen LogP contribution in [0.2, 0.25) is 0 Å². The molecule has 2 fully saturated rings. The number of rotatable bonds is 5. The van der Waals surface area contributed by atoms with Crippen molar-refractivity contribution in [2.75, 3.05) is 19.7 Å². The van der Waals surface area contributed by atoms with E-state index in [4.69, 9.17) is 4.74 Å². The number of pyridine rings is 1. The van der Waals surface area contributed by atoms with Gasteiger partial charge in [-0.25, -0.2) is 0 Å². The van der Waals surface area contributed by atoms with E-state index in [1.165, 1.54) is 22.8 Å². The molecule has 0 amide bonds. The number of hydrogen-bond donors (Lipinski definition) is 0. The first kappa shape index (κ1) is 24.5. The summed E-state index contributed by atoms with van der Waals surface area (Å²) in [5, 5.41) is 5.48. The average molecular weight is 517 g/mol. The summed E-state index contributed by atoms with van der Waals surface area (Å²) < 4.78 is 47.6. The minimum absolute atomic E-state index is 0. The van der Waals surface area contributed by atoms with Gasteiger partial charge < -0.3 is 4.74 Å². The Morgan fingerprint density at radius 3 is 2.47 bits per heavy atom. The van der Waals surface area contributed by atoms with Gasteiger partial charge in [-0.15, -0.1) is 12.4 Å². The van der Waals surface area contributed by atoms with Crippen LogP contribution < -0.4 is 5.56 Å². The number of halogens is 4. The number of morpholine rings is 1. The third-order valence-corrected chi connectivity index (χ3v) is 6.98. The van der Waals surface area contributed by atoms with Gasteiger partial charge in [0.2, 0.25) is 0 Å². The Bertz CT molecular complexity index is 1450. The minimum atomic E-state index is -4.39. The van der Waals surface area contributed by atoms with E-state index in [1.54, 1.807) is 18.5 Å². The third-order valence-electron chi connectivity index (χ3n) is 6.98. The first-order chi connectivity index (χ1) is 16.8. The van der Waals surface area contributed by atoms with Gasteiger partial charge >= 0.3 is 6.18 Å². The molecule has 10 heteroatoms. The largest absolute Gasteiger partial charge is 0.416 e. The molecule has 2 aliphatic rings. The number of benzene rings is 2. The molecular formula is C26H24ClF3N4O2. The smallest absolute Gasteiger partial charge is 0.375 e. The molecule has 0 radical (unpaired) electrons. The SMILES string of the molecule is Cl.O=c1cc(-c2ccc(C(F)(F)F)cc2)ccn1-c1ccc2c(cnn2CCN2CC3CC2CO3)c1. The molecule has 2 aliphatic heterocycles. The van der Waals surface area contributed by atoms with Crippen molar-refractivity contribution >= 4 is 23.3 Å². The second-order valence-corrected chi connectivity index (χ2v) is 9.15. The lowest BCUT2D eigenvalue weighted by molar-refractivity contribution is -0.137. The maximum Gasteiger partial charge on any atom is 0.416 e. The summed E-state index contributed by atoms with van der Waals surface area (Å²) in [7, 11) is 0. The molecule has 2 unspecified atom stereocenters. The summed E-state index contributed by atoms with van der Waals surface area (Å²) in [4.78, 5) is 15.3. The van der Waals surface area contributed by atoms with E-state index in [9.17, 15) is 18.0 Å². The van der Waals surface area contributed by atoms with E-state index >= 15 is 0 Å². The molecule has 4 aromatic rings. The van der Waals surface area contributed by atoms with Crippen molar-refractivity contribution in [3.05, 3.63) is 82.9 Å². The van der Waals surface area contributed by atoms with E-state index < -0.39 is 11.7 Å². The van der Waals surface area contributed by atoms with Gasteiger partial charge in [-0.1, -0.05) is 12.1 Å². The zero-order valence-electron chi connectivity index (χ0n) is 19.2. The summed E-state index contributed by atoms with van der Waals surface area (Å²) in [6.45, 7) is 3.52. The second-order valence-electron chi connectivity index (χ2n) is 9.15. The molecule has 0 aliphatic carbocycles. The van der Waals surface area contributed by atoms with E-state index in [2.05, 4.69) is 10.00 Å². The summed E-state index contributed by atoms with van der Waals surface area (Å²) in [5.74, 6) is 0. The molecule has 6 nitrogen and oxygen atoms in total. The summed E-state index contributed by atoms with van der Waals surface area (Å²) in [6.07, 6.45) is 0.554. The molecule has 0 saturated carbocycles. The van der Waals surface area contributed by atoms with Crippen LogP contribution in [0.5, 0.6) is 0 Å². The number of likely N-dealkylation sites (tertiary alicyclic amines) is 1. The fourth-order valence-electron chi connectivity index (χ4n) is 5.10. The molecule has 2 bridgehead atoms. The molecule has 2 saturated heterocycles. The Balaban J connectivity index is 0.00000267. The topological polar surface area (TPSA) is 52.3 Å². The summed E-state index contributed by atoms with van der Waals surface area (Å²) >= 11 is 0. The van der Waals surface area contributed by atoms with Crippen molar-refractivity contribution in [3.63, 3.8) is 0 Å². The van der Waals surface area contributed by atoms with Crippen LogP contribution in [-0.2, 0) is 17.5 Å². The monoisotopic (exact) mass is 516 g/mol. The van der Waals surface area contributed by atoms with Crippen LogP contribution in [0.3, 0.4) is 0 Å². The molecule has 2 atom stereocenters. The van der Waals surface area contributed by atoms with Crippen molar-refractivity contribution in [1.82, 2.24) is 19.2 Å². The second kappa shape index (κ2) is 9.38. The quantitative estimate of drug-likeness (QED) is 0.383. The molecule has 4 heterocycles. The predicted molar refractivity (Wildman–Crippen MR) is 133 cm³/mol. The number of fused-ring (bicyclic) bond motifs is 3. The lowest BCUT2D eigenvalue weighted by Crippen LogP contribution is -2.38. The van der Waals surface area contributed by atoms with E-state index in [0.29, 0.717) is 29.0 Å². The molecule has 0 spiro atoms. The highest BCUT2D eigenvalue weighted by Gasteiger charge is 2.38. The molecule has 36 heavy (non-hydrogen) atoms. The van der Waals surface area contributed by atoms with Gasteiger partial charge in [0, 0.05) is 42.5 Å². The highest BCUT2D eigenvalue weighted by molar-refractivity contribution is 5.85. The van der Waals surface area contributed by atoms with E-state index in [-0.39, 0.29) is 18.0 Å². The van der Waals surface area contributed by atoms with Gasteiger partial charge in [0.25, 0.3) is 5.56 Å². The summed E-state index contributed by atoms with van der Waals surface area (Å²) in [5.41, 5.74) is 1.84.